The number of ether oxygens (including phenoxy) is 1. The van der Waals surface area contributed by atoms with Crippen molar-refractivity contribution in [3.8, 4) is 0 Å². The normalized spacial score (nSPS) is 46.2. The van der Waals surface area contributed by atoms with Crippen molar-refractivity contribution < 1.29 is 34.4 Å². The number of carbonyl (C=O) groups is 3. The number of hydrogen-bond donors (Lipinski definition) is 3. The van der Waals surface area contributed by atoms with Gasteiger partial charge in [0.1, 0.15) is 18.3 Å². The molecule has 7 heteroatoms. The molecule has 0 aromatic rings. The van der Waals surface area contributed by atoms with E-state index in [0.29, 0.717) is 19.3 Å². The fourth-order valence-corrected chi connectivity index (χ4v) is 6.98. The Morgan fingerprint density at radius 2 is 1.97 bits per heavy atom. The first-order valence-electron chi connectivity index (χ1n) is 10.6. The molecule has 4 aliphatic carbocycles. The van der Waals surface area contributed by atoms with Crippen LogP contribution in [0, 0.1) is 29.6 Å². The minimum atomic E-state index is -1.57. The van der Waals surface area contributed by atoms with Gasteiger partial charge < -0.3 is 20.1 Å². The number of Topliss-reactive ketones (excluding diaryl/α,β-unsaturated/α-hetero) is 1. The Hall–Kier alpha value is -1.57. The summed E-state index contributed by atoms with van der Waals surface area (Å²) >= 11 is 0. The summed E-state index contributed by atoms with van der Waals surface area (Å²) in [7, 11) is 0. The van der Waals surface area contributed by atoms with Crippen LogP contribution < -0.4 is 0 Å². The molecule has 8 unspecified atom stereocenters. The highest BCUT2D eigenvalue weighted by molar-refractivity contribution is 5.93. The summed E-state index contributed by atoms with van der Waals surface area (Å²) < 4.78 is 5.67. The van der Waals surface area contributed by atoms with Crippen LogP contribution >= 0.6 is 0 Å². The zero-order valence-electron chi connectivity index (χ0n) is 17.0. The standard InChI is InChI=1S/C22H30O7/c1-11(24)29-18-6-13-8-22(28,19(26)10-23)9-16(13)15-4-3-12-5-14(25)7-17(12)21(2,27)20(15)18/h5,13,15-18,20,23,27-28H,3-4,6-10H2,1-2H3. The SMILES string of the molecule is CC(=O)OC1CC2CC(O)(C(=O)CO)CC2C2CCC3=CC(=O)CC3C(C)(O)C12. The molecular weight excluding hydrogens is 376 g/mol. The van der Waals surface area contributed by atoms with Crippen molar-refractivity contribution in [1.82, 2.24) is 0 Å². The molecule has 3 saturated carbocycles. The van der Waals surface area contributed by atoms with Crippen LogP contribution in [0.3, 0.4) is 0 Å². The molecular formula is C22H30O7. The maximum Gasteiger partial charge on any atom is 0.302 e. The molecule has 0 aromatic carbocycles. The lowest BCUT2D eigenvalue weighted by molar-refractivity contribution is -0.178. The van der Waals surface area contributed by atoms with Gasteiger partial charge >= 0.3 is 5.97 Å². The van der Waals surface area contributed by atoms with E-state index >= 15 is 0 Å². The summed E-state index contributed by atoms with van der Waals surface area (Å²) in [6, 6.07) is 0. The van der Waals surface area contributed by atoms with Gasteiger partial charge in [0.05, 0.1) is 5.60 Å². The number of aliphatic hydroxyl groups is 3. The number of hydrogen-bond acceptors (Lipinski definition) is 7. The molecule has 8 atom stereocenters. The Morgan fingerprint density at radius 1 is 1.24 bits per heavy atom. The third kappa shape index (κ3) is 3.27. The molecule has 4 rings (SSSR count). The summed E-state index contributed by atoms with van der Waals surface area (Å²) in [5.74, 6) is -1.72. The van der Waals surface area contributed by atoms with Gasteiger partial charge in [-0.3, -0.25) is 14.4 Å². The van der Waals surface area contributed by atoms with Gasteiger partial charge in [-0.1, -0.05) is 5.57 Å². The van der Waals surface area contributed by atoms with E-state index in [1.807, 2.05) is 0 Å². The van der Waals surface area contributed by atoms with Crippen molar-refractivity contribution in [1.29, 1.82) is 0 Å². The average molecular weight is 406 g/mol. The van der Waals surface area contributed by atoms with Crippen LogP contribution in [0.25, 0.3) is 0 Å². The number of carbonyl (C=O) groups excluding carboxylic acids is 3. The highest BCUT2D eigenvalue weighted by atomic mass is 16.5. The first-order chi connectivity index (χ1) is 13.6. The van der Waals surface area contributed by atoms with E-state index in [1.165, 1.54) is 6.92 Å². The highest BCUT2D eigenvalue weighted by Gasteiger charge is 2.62. The van der Waals surface area contributed by atoms with Crippen LogP contribution in [0.15, 0.2) is 11.6 Å². The van der Waals surface area contributed by atoms with Gasteiger partial charge in [-0.2, -0.15) is 0 Å². The topological polar surface area (TPSA) is 121 Å². The Morgan fingerprint density at radius 3 is 2.62 bits per heavy atom. The number of ketones is 2. The summed E-state index contributed by atoms with van der Waals surface area (Å²) in [6.07, 6.45) is 3.72. The molecule has 3 fully saturated rings. The van der Waals surface area contributed by atoms with E-state index in [-0.39, 0.29) is 54.6 Å². The lowest BCUT2D eigenvalue weighted by Gasteiger charge is -2.50. The number of fused-ring (bicyclic) bond motifs is 4. The molecule has 0 saturated heterocycles. The van der Waals surface area contributed by atoms with Gasteiger partial charge in [-0.15, -0.1) is 0 Å². The lowest BCUT2D eigenvalue weighted by atomic mass is 9.59. The molecule has 0 aliphatic heterocycles. The number of rotatable bonds is 3. The molecule has 3 N–H and O–H groups in total. The Kier molecular flexibility index (Phi) is 4.99. The van der Waals surface area contributed by atoms with Crippen molar-refractivity contribution in [3.63, 3.8) is 0 Å². The summed E-state index contributed by atoms with van der Waals surface area (Å²) in [4.78, 5) is 36.1. The predicted octanol–water partition coefficient (Wildman–Crippen LogP) is 0.933. The summed E-state index contributed by atoms with van der Waals surface area (Å²) in [5.41, 5.74) is -1.85. The van der Waals surface area contributed by atoms with Crippen molar-refractivity contribution in [3.05, 3.63) is 11.6 Å². The molecule has 0 amide bonds. The van der Waals surface area contributed by atoms with Crippen LogP contribution in [0.5, 0.6) is 0 Å². The van der Waals surface area contributed by atoms with Crippen molar-refractivity contribution >= 4 is 17.5 Å². The number of esters is 1. The van der Waals surface area contributed by atoms with Gasteiger partial charge in [0.25, 0.3) is 0 Å². The molecule has 0 spiro atoms. The van der Waals surface area contributed by atoms with Crippen molar-refractivity contribution in [2.24, 2.45) is 29.6 Å². The van der Waals surface area contributed by atoms with Gasteiger partial charge in [-0.25, -0.2) is 0 Å². The zero-order chi connectivity index (χ0) is 21.1. The molecule has 0 aromatic heterocycles. The molecule has 29 heavy (non-hydrogen) atoms. The molecule has 7 nitrogen and oxygen atoms in total. The van der Waals surface area contributed by atoms with Crippen LogP contribution in [-0.4, -0.2) is 56.8 Å². The maximum absolute atomic E-state index is 12.2. The molecule has 0 heterocycles. The zero-order valence-corrected chi connectivity index (χ0v) is 17.0. The maximum atomic E-state index is 12.2. The second-order valence-electron chi connectivity index (χ2n) is 9.73. The number of allylic oxidation sites excluding steroid dienone is 1. The Balaban J connectivity index is 1.73. The van der Waals surface area contributed by atoms with Crippen LogP contribution in [0.2, 0.25) is 0 Å². The smallest absolute Gasteiger partial charge is 0.302 e. The molecule has 160 valence electrons. The Bertz CT molecular complexity index is 769. The van der Waals surface area contributed by atoms with Crippen LogP contribution in [-0.2, 0) is 19.1 Å². The van der Waals surface area contributed by atoms with E-state index in [9.17, 15) is 29.7 Å². The van der Waals surface area contributed by atoms with E-state index < -0.39 is 35.7 Å². The van der Waals surface area contributed by atoms with Gasteiger partial charge in [0.15, 0.2) is 11.6 Å². The van der Waals surface area contributed by atoms with E-state index in [0.717, 1.165) is 5.57 Å². The second kappa shape index (κ2) is 7.00. The number of aliphatic hydroxyl groups excluding tert-OH is 1. The fourth-order valence-electron chi connectivity index (χ4n) is 6.98. The van der Waals surface area contributed by atoms with Crippen LogP contribution in [0.1, 0.15) is 52.4 Å². The largest absolute Gasteiger partial charge is 0.462 e. The predicted molar refractivity (Wildman–Crippen MR) is 101 cm³/mol. The minimum Gasteiger partial charge on any atom is -0.462 e. The molecule has 4 aliphatic rings. The van der Waals surface area contributed by atoms with Gasteiger partial charge in [0, 0.05) is 25.2 Å². The summed E-state index contributed by atoms with van der Waals surface area (Å²) in [5, 5.41) is 31.9. The second-order valence-corrected chi connectivity index (χ2v) is 9.73. The van der Waals surface area contributed by atoms with Gasteiger partial charge in [-0.05, 0) is 62.9 Å². The summed E-state index contributed by atoms with van der Waals surface area (Å²) in [6.45, 7) is 2.38. The van der Waals surface area contributed by atoms with E-state index in [2.05, 4.69) is 0 Å². The molecule has 0 bridgehead atoms. The quantitative estimate of drug-likeness (QED) is 0.596. The fraction of sp³-hybridized carbons (Fsp3) is 0.773. The lowest BCUT2D eigenvalue weighted by Crippen LogP contribution is -2.55. The minimum absolute atomic E-state index is 0.00564. The molecule has 0 radical (unpaired) electrons. The third-order valence-corrected chi connectivity index (χ3v) is 8.05. The van der Waals surface area contributed by atoms with Crippen molar-refractivity contribution in [2.45, 2.75) is 69.7 Å². The van der Waals surface area contributed by atoms with Gasteiger partial charge in [0.2, 0.25) is 0 Å². The Labute approximate surface area is 170 Å². The van der Waals surface area contributed by atoms with Crippen molar-refractivity contribution in [2.75, 3.05) is 6.61 Å². The average Bonchev–Trinajstić information content (AvgIpc) is 3.15. The first-order valence-corrected chi connectivity index (χ1v) is 10.6. The van der Waals surface area contributed by atoms with E-state index in [1.54, 1.807) is 13.0 Å². The first kappa shape index (κ1) is 20.7. The highest BCUT2D eigenvalue weighted by Crippen LogP contribution is 2.59. The van der Waals surface area contributed by atoms with Crippen LogP contribution in [0.4, 0.5) is 0 Å². The third-order valence-electron chi connectivity index (χ3n) is 8.05. The van der Waals surface area contributed by atoms with E-state index in [4.69, 9.17) is 4.74 Å². The monoisotopic (exact) mass is 406 g/mol.